The number of primary amides is 1. The summed E-state index contributed by atoms with van der Waals surface area (Å²) in [5.74, 6) is -2.33. The van der Waals surface area contributed by atoms with E-state index in [1.165, 1.54) is 31.6 Å². The van der Waals surface area contributed by atoms with Crippen LogP contribution in [0.25, 0.3) is 0 Å². The summed E-state index contributed by atoms with van der Waals surface area (Å²) in [6.45, 7) is 0. The molecule has 1 aromatic heterocycles. The molecule has 8 heteroatoms. The Bertz CT molecular complexity index is 706. The Hall–Kier alpha value is -3.03. The zero-order valence-corrected chi connectivity index (χ0v) is 10.9. The van der Waals surface area contributed by atoms with Gasteiger partial charge in [0.05, 0.1) is 25.1 Å². The van der Waals surface area contributed by atoms with E-state index in [4.69, 9.17) is 10.5 Å². The molecule has 21 heavy (non-hydrogen) atoms. The molecule has 0 bridgehead atoms. The van der Waals surface area contributed by atoms with Crippen LogP contribution < -0.4 is 10.5 Å². The van der Waals surface area contributed by atoms with Crippen LogP contribution >= 0.6 is 0 Å². The number of rotatable bonds is 4. The molecule has 0 atom stereocenters. The standard InChI is InChI=1S/C13H10FN3O4/c1-20-13(19)10-5-16-6-11(17-10)21-7-2-3-8(12(15)18)9(14)4-7/h2-6H,1H3,(H2,15,18). The Morgan fingerprint density at radius 1 is 1.29 bits per heavy atom. The number of hydrogen-bond donors (Lipinski definition) is 1. The molecule has 2 N–H and O–H groups in total. The first-order valence-electron chi connectivity index (χ1n) is 5.69. The first-order chi connectivity index (χ1) is 10.0. The second kappa shape index (κ2) is 5.95. The average Bonchev–Trinajstić information content (AvgIpc) is 2.46. The summed E-state index contributed by atoms with van der Waals surface area (Å²) in [4.78, 5) is 29.8. The topological polar surface area (TPSA) is 104 Å². The van der Waals surface area contributed by atoms with Gasteiger partial charge in [-0.2, -0.15) is 0 Å². The van der Waals surface area contributed by atoms with Crippen LogP contribution in [0.4, 0.5) is 4.39 Å². The lowest BCUT2D eigenvalue weighted by Crippen LogP contribution is -2.12. The van der Waals surface area contributed by atoms with Gasteiger partial charge in [-0.15, -0.1) is 0 Å². The first kappa shape index (κ1) is 14.4. The van der Waals surface area contributed by atoms with E-state index in [1.54, 1.807) is 0 Å². The SMILES string of the molecule is COC(=O)c1cncc(Oc2ccc(C(N)=O)c(F)c2)n1. The summed E-state index contributed by atoms with van der Waals surface area (Å²) >= 11 is 0. The first-order valence-corrected chi connectivity index (χ1v) is 5.69. The molecule has 0 saturated heterocycles. The number of methoxy groups -OCH3 is 1. The van der Waals surface area contributed by atoms with E-state index in [0.717, 1.165) is 6.07 Å². The van der Waals surface area contributed by atoms with Gasteiger partial charge in [0.15, 0.2) is 5.69 Å². The molecule has 0 unspecified atom stereocenters. The molecular weight excluding hydrogens is 281 g/mol. The zero-order valence-electron chi connectivity index (χ0n) is 10.9. The highest BCUT2D eigenvalue weighted by Crippen LogP contribution is 2.21. The molecule has 0 aliphatic rings. The molecule has 0 spiro atoms. The van der Waals surface area contributed by atoms with E-state index in [0.29, 0.717) is 0 Å². The van der Waals surface area contributed by atoms with E-state index >= 15 is 0 Å². The maximum atomic E-state index is 13.6. The lowest BCUT2D eigenvalue weighted by molar-refractivity contribution is 0.0592. The molecule has 108 valence electrons. The van der Waals surface area contributed by atoms with Crippen LogP contribution in [0.5, 0.6) is 11.6 Å². The second-order valence-corrected chi connectivity index (χ2v) is 3.84. The Morgan fingerprint density at radius 2 is 2.05 bits per heavy atom. The fourth-order valence-corrected chi connectivity index (χ4v) is 1.48. The number of benzene rings is 1. The molecule has 0 aliphatic heterocycles. The maximum absolute atomic E-state index is 13.6. The van der Waals surface area contributed by atoms with Gasteiger partial charge in [-0.25, -0.2) is 14.2 Å². The van der Waals surface area contributed by atoms with E-state index in [1.807, 2.05) is 0 Å². The predicted molar refractivity (Wildman–Crippen MR) is 68.4 cm³/mol. The van der Waals surface area contributed by atoms with Crippen molar-refractivity contribution in [3.63, 3.8) is 0 Å². The van der Waals surface area contributed by atoms with Crippen LogP contribution in [0.3, 0.4) is 0 Å². The molecule has 1 heterocycles. The third kappa shape index (κ3) is 3.30. The third-order valence-electron chi connectivity index (χ3n) is 2.44. The van der Waals surface area contributed by atoms with E-state index in [-0.39, 0.29) is 22.9 Å². The molecule has 0 saturated carbocycles. The number of amides is 1. The average molecular weight is 291 g/mol. The van der Waals surface area contributed by atoms with E-state index in [9.17, 15) is 14.0 Å². The van der Waals surface area contributed by atoms with Crippen molar-refractivity contribution in [1.29, 1.82) is 0 Å². The van der Waals surface area contributed by atoms with E-state index in [2.05, 4.69) is 14.7 Å². The molecule has 0 fully saturated rings. The van der Waals surface area contributed by atoms with Crippen molar-refractivity contribution in [2.45, 2.75) is 0 Å². The fraction of sp³-hybridized carbons (Fsp3) is 0.0769. The molecule has 2 aromatic rings. The zero-order chi connectivity index (χ0) is 15.4. The minimum atomic E-state index is -0.883. The summed E-state index contributed by atoms with van der Waals surface area (Å²) in [6, 6.07) is 3.51. The van der Waals surface area contributed by atoms with Crippen molar-refractivity contribution in [2.75, 3.05) is 7.11 Å². The summed E-state index contributed by atoms with van der Waals surface area (Å²) in [5, 5.41) is 0. The lowest BCUT2D eigenvalue weighted by atomic mass is 10.2. The summed E-state index contributed by atoms with van der Waals surface area (Å²) in [5.41, 5.74) is 4.69. The van der Waals surface area contributed by atoms with Gasteiger partial charge in [0.2, 0.25) is 5.88 Å². The van der Waals surface area contributed by atoms with Crippen LogP contribution in [-0.2, 0) is 4.74 Å². The Morgan fingerprint density at radius 3 is 2.67 bits per heavy atom. The number of carbonyl (C=O) groups excluding carboxylic acids is 2. The highest BCUT2D eigenvalue weighted by Gasteiger charge is 2.12. The minimum Gasteiger partial charge on any atom is -0.464 e. The van der Waals surface area contributed by atoms with Crippen molar-refractivity contribution in [1.82, 2.24) is 9.97 Å². The van der Waals surface area contributed by atoms with Gasteiger partial charge in [-0.3, -0.25) is 9.78 Å². The molecule has 1 aromatic carbocycles. The number of esters is 1. The number of nitrogens with zero attached hydrogens (tertiary/aromatic N) is 2. The van der Waals surface area contributed by atoms with Gasteiger partial charge in [-0.05, 0) is 12.1 Å². The number of carbonyl (C=O) groups is 2. The molecule has 7 nitrogen and oxygen atoms in total. The van der Waals surface area contributed by atoms with Crippen molar-refractivity contribution in [2.24, 2.45) is 5.73 Å². The Labute approximate surface area is 118 Å². The van der Waals surface area contributed by atoms with Gasteiger partial charge >= 0.3 is 5.97 Å². The number of ether oxygens (including phenoxy) is 2. The van der Waals surface area contributed by atoms with Gasteiger partial charge in [0.25, 0.3) is 5.91 Å². The van der Waals surface area contributed by atoms with Gasteiger partial charge in [0.1, 0.15) is 11.6 Å². The van der Waals surface area contributed by atoms with Crippen molar-refractivity contribution in [3.05, 3.63) is 47.7 Å². The quantitative estimate of drug-likeness (QED) is 0.851. The third-order valence-corrected chi connectivity index (χ3v) is 2.44. The largest absolute Gasteiger partial charge is 0.464 e. The maximum Gasteiger partial charge on any atom is 0.358 e. The molecule has 0 aliphatic carbocycles. The molecular formula is C13H10FN3O4. The Kier molecular flexibility index (Phi) is 4.07. The van der Waals surface area contributed by atoms with Crippen LogP contribution in [0, 0.1) is 5.82 Å². The number of nitrogens with two attached hydrogens (primary N) is 1. The van der Waals surface area contributed by atoms with Crippen molar-refractivity contribution in [3.8, 4) is 11.6 Å². The molecule has 0 radical (unpaired) electrons. The molecule has 1 amide bonds. The molecule has 2 rings (SSSR count). The van der Waals surface area contributed by atoms with Crippen LogP contribution in [0.2, 0.25) is 0 Å². The normalized spacial score (nSPS) is 10.0. The smallest absolute Gasteiger partial charge is 0.358 e. The van der Waals surface area contributed by atoms with Crippen molar-refractivity contribution >= 4 is 11.9 Å². The van der Waals surface area contributed by atoms with Crippen LogP contribution in [0.15, 0.2) is 30.6 Å². The highest BCUT2D eigenvalue weighted by atomic mass is 19.1. The summed E-state index contributed by atoms with van der Waals surface area (Å²) in [7, 11) is 1.20. The van der Waals surface area contributed by atoms with Crippen molar-refractivity contribution < 1.29 is 23.5 Å². The highest BCUT2D eigenvalue weighted by molar-refractivity contribution is 5.93. The van der Waals surface area contributed by atoms with Crippen LogP contribution in [-0.4, -0.2) is 29.0 Å². The summed E-state index contributed by atoms with van der Waals surface area (Å²) in [6.07, 6.45) is 2.45. The minimum absolute atomic E-state index is 0.0240. The van der Waals surface area contributed by atoms with Gasteiger partial charge in [-0.1, -0.05) is 0 Å². The number of halogens is 1. The van der Waals surface area contributed by atoms with E-state index < -0.39 is 17.7 Å². The number of aromatic nitrogens is 2. The lowest BCUT2D eigenvalue weighted by Gasteiger charge is -2.06. The summed E-state index contributed by atoms with van der Waals surface area (Å²) < 4.78 is 23.3. The van der Waals surface area contributed by atoms with Crippen LogP contribution in [0.1, 0.15) is 20.8 Å². The fourth-order valence-electron chi connectivity index (χ4n) is 1.48. The monoisotopic (exact) mass is 291 g/mol. The van der Waals surface area contributed by atoms with Gasteiger partial charge in [0, 0.05) is 6.07 Å². The predicted octanol–water partition coefficient (Wildman–Crippen LogP) is 1.29. The Balaban J connectivity index is 2.24. The second-order valence-electron chi connectivity index (χ2n) is 3.84. The number of hydrogen-bond acceptors (Lipinski definition) is 6. The van der Waals surface area contributed by atoms with Gasteiger partial charge < -0.3 is 15.2 Å².